The van der Waals surface area contributed by atoms with Crippen LogP contribution in [0, 0.1) is 11.7 Å². The summed E-state index contributed by atoms with van der Waals surface area (Å²) < 4.78 is 40.0. The number of hydrogen-bond donors (Lipinski definition) is 2. The maximum Gasteiger partial charge on any atom is 0.242 e. The summed E-state index contributed by atoms with van der Waals surface area (Å²) in [7, 11) is -3.99. The number of primary amides is 1. The summed E-state index contributed by atoms with van der Waals surface area (Å²) in [5.74, 6) is -1.79. The van der Waals surface area contributed by atoms with Gasteiger partial charge in [0.1, 0.15) is 10.7 Å². The molecule has 110 valence electrons. The Morgan fingerprint density at radius 3 is 2.75 bits per heavy atom. The second kappa shape index (κ2) is 5.67. The van der Waals surface area contributed by atoms with Crippen molar-refractivity contribution in [2.75, 3.05) is 0 Å². The van der Waals surface area contributed by atoms with Crippen LogP contribution in [0.25, 0.3) is 0 Å². The lowest BCUT2D eigenvalue weighted by atomic mass is 10.0. The Balaban J connectivity index is 2.27. The van der Waals surface area contributed by atoms with Crippen LogP contribution < -0.4 is 10.5 Å². The molecular formula is C12H14ClFN2O3S. The van der Waals surface area contributed by atoms with Gasteiger partial charge in [-0.2, -0.15) is 0 Å². The quantitative estimate of drug-likeness (QED) is 0.879. The lowest BCUT2D eigenvalue weighted by molar-refractivity contribution is -0.122. The third-order valence-electron chi connectivity index (χ3n) is 3.37. The van der Waals surface area contributed by atoms with Crippen molar-refractivity contribution in [2.45, 2.75) is 30.2 Å². The number of amides is 1. The predicted octanol–water partition coefficient (Wildman–Crippen LogP) is 1.41. The Hall–Kier alpha value is -1.18. The van der Waals surface area contributed by atoms with Crippen molar-refractivity contribution in [3.05, 3.63) is 29.0 Å². The van der Waals surface area contributed by atoms with Crippen LogP contribution in [0.4, 0.5) is 4.39 Å². The van der Waals surface area contributed by atoms with Gasteiger partial charge in [0.2, 0.25) is 15.9 Å². The standard InChI is InChI=1S/C12H14ClFN2O3S/c13-9-5-4-7(14)6-11(9)20(18,19)16-10-3-1-2-8(10)12(15)17/h4-6,8,10,16H,1-3H2,(H2,15,17)/t8-,10-/m0/s1. The lowest BCUT2D eigenvalue weighted by Crippen LogP contribution is -2.42. The fourth-order valence-electron chi connectivity index (χ4n) is 2.39. The first kappa shape index (κ1) is 15.2. The van der Waals surface area contributed by atoms with E-state index in [-0.39, 0.29) is 9.92 Å². The minimum Gasteiger partial charge on any atom is -0.369 e. The van der Waals surface area contributed by atoms with Gasteiger partial charge in [-0.1, -0.05) is 18.0 Å². The van der Waals surface area contributed by atoms with Gasteiger partial charge in [-0.15, -0.1) is 0 Å². The molecule has 0 unspecified atom stereocenters. The third kappa shape index (κ3) is 3.11. The van der Waals surface area contributed by atoms with Crippen LogP contribution in [-0.2, 0) is 14.8 Å². The summed E-state index contributed by atoms with van der Waals surface area (Å²) in [4.78, 5) is 10.9. The molecule has 0 spiro atoms. The zero-order chi connectivity index (χ0) is 14.9. The minimum absolute atomic E-state index is 0.0764. The number of rotatable bonds is 4. The average molecular weight is 321 g/mol. The van der Waals surface area contributed by atoms with Crippen molar-refractivity contribution in [3.8, 4) is 0 Å². The normalized spacial score (nSPS) is 22.9. The highest BCUT2D eigenvalue weighted by Crippen LogP contribution is 2.28. The maximum atomic E-state index is 13.2. The van der Waals surface area contributed by atoms with E-state index in [4.69, 9.17) is 17.3 Å². The van der Waals surface area contributed by atoms with Crippen molar-refractivity contribution in [1.82, 2.24) is 4.72 Å². The van der Waals surface area contributed by atoms with Gasteiger partial charge in [0.15, 0.2) is 0 Å². The molecule has 8 heteroatoms. The molecule has 1 aromatic rings. The number of hydrogen-bond acceptors (Lipinski definition) is 3. The molecule has 0 radical (unpaired) electrons. The Morgan fingerprint density at radius 1 is 1.40 bits per heavy atom. The van der Waals surface area contributed by atoms with E-state index >= 15 is 0 Å². The van der Waals surface area contributed by atoms with Crippen molar-refractivity contribution in [2.24, 2.45) is 11.7 Å². The molecule has 1 amide bonds. The smallest absolute Gasteiger partial charge is 0.242 e. The Morgan fingerprint density at radius 2 is 2.10 bits per heavy atom. The molecule has 1 aliphatic rings. The highest BCUT2D eigenvalue weighted by atomic mass is 35.5. The summed E-state index contributed by atoms with van der Waals surface area (Å²) in [5.41, 5.74) is 5.24. The van der Waals surface area contributed by atoms with E-state index in [0.717, 1.165) is 12.1 Å². The Labute approximate surface area is 121 Å². The van der Waals surface area contributed by atoms with Crippen molar-refractivity contribution >= 4 is 27.5 Å². The molecule has 0 aliphatic heterocycles. The van der Waals surface area contributed by atoms with Crippen LogP contribution in [-0.4, -0.2) is 20.4 Å². The average Bonchev–Trinajstić information content (AvgIpc) is 2.79. The van der Waals surface area contributed by atoms with Crippen LogP contribution in [0.15, 0.2) is 23.1 Å². The number of carbonyl (C=O) groups excluding carboxylic acids is 1. The summed E-state index contributed by atoms with van der Waals surface area (Å²) in [6.45, 7) is 0. The van der Waals surface area contributed by atoms with Gasteiger partial charge in [0.05, 0.1) is 10.9 Å². The van der Waals surface area contributed by atoms with Crippen molar-refractivity contribution in [3.63, 3.8) is 0 Å². The fraction of sp³-hybridized carbons (Fsp3) is 0.417. The molecule has 2 atom stereocenters. The van der Waals surface area contributed by atoms with Gasteiger partial charge in [-0.05, 0) is 31.0 Å². The molecular weight excluding hydrogens is 307 g/mol. The number of sulfonamides is 1. The Kier molecular flexibility index (Phi) is 4.31. The molecule has 1 saturated carbocycles. The number of nitrogens with one attached hydrogen (secondary N) is 1. The van der Waals surface area contributed by atoms with Gasteiger partial charge < -0.3 is 5.73 Å². The second-order valence-corrected chi connectivity index (χ2v) is 6.83. The van der Waals surface area contributed by atoms with Crippen LogP contribution in [0.3, 0.4) is 0 Å². The van der Waals surface area contributed by atoms with E-state index in [2.05, 4.69) is 4.72 Å². The number of nitrogens with two attached hydrogens (primary N) is 1. The molecule has 5 nitrogen and oxygen atoms in total. The highest BCUT2D eigenvalue weighted by molar-refractivity contribution is 7.89. The van der Waals surface area contributed by atoms with Crippen LogP contribution >= 0.6 is 11.6 Å². The largest absolute Gasteiger partial charge is 0.369 e. The van der Waals surface area contributed by atoms with Gasteiger partial charge >= 0.3 is 0 Å². The molecule has 0 bridgehead atoms. The molecule has 1 aromatic carbocycles. The summed E-state index contributed by atoms with van der Waals surface area (Å²) in [6, 6.07) is 2.52. The molecule has 2 rings (SSSR count). The van der Waals surface area contributed by atoms with Gasteiger partial charge in [0, 0.05) is 6.04 Å². The summed E-state index contributed by atoms with van der Waals surface area (Å²) in [5, 5.41) is -0.0764. The van der Waals surface area contributed by atoms with E-state index in [1.807, 2.05) is 0 Å². The maximum absolute atomic E-state index is 13.2. The number of halogens is 2. The van der Waals surface area contributed by atoms with E-state index in [1.54, 1.807) is 0 Å². The van der Waals surface area contributed by atoms with Crippen LogP contribution in [0.5, 0.6) is 0 Å². The van der Waals surface area contributed by atoms with Gasteiger partial charge in [-0.25, -0.2) is 17.5 Å². The zero-order valence-electron chi connectivity index (χ0n) is 10.5. The fourth-order valence-corrected chi connectivity index (χ4v) is 4.21. The summed E-state index contributed by atoms with van der Waals surface area (Å²) in [6.07, 6.45) is 1.76. The van der Waals surface area contributed by atoms with Gasteiger partial charge in [0.25, 0.3) is 0 Å². The molecule has 0 saturated heterocycles. The van der Waals surface area contributed by atoms with E-state index in [1.165, 1.54) is 6.07 Å². The lowest BCUT2D eigenvalue weighted by Gasteiger charge is -2.18. The first-order valence-corrected chi connectivity index (χ1v) is 7.94. The van der Waals surface area contributed by atoms with Crippen molar-refractivity contribution in [1.29, 1.82) is 0 Å². The van der Waals surface area contributed by atoms with E-state index in [0.29, 0.717) is 19.3 Å². The first-order valence-electron chi connectivity index (χ1n) is 6.08. The SMILES string of the molecule is NC(=O)[C@H]1CCC[C@@H]1NS(=O)(=O)c1cc(F)ccc1Cl. The number of benzene rings is 1. The monoisotopic (exact) mass is 320 g/mol. The third-order valence-corrected chi connectivity index (χ3v) is 5.34. The minimum atomic E-state index is -3.99. The molecule has 1 aliphatic carbocycles. The Bertz CT molecular complexity index is 636. The first-order chi connectivity index (χ1) is 9.31. The molecule has 1 fully saturated rings. The van der Waals surface area contributed by atoms with Crippen LogP contribution in [0.2, 0.25) is 5.02 Å². The molecule has 0 aromatic heterocycles. The van der Waals surface area contributed by atoms with E-state index < -0.39 is 33.7 Å². The highest BCUT2D eigenvalue weighted by Gasteiger charge is 2.35. The van der Waals surface area contributed by atoms with Crippen molar-refractivity contribution < 1.29 is 17.6 Å². The summed E-state index contributed by atoms with van der Waals surface area (Å²) >= 11 is 5.79. The second-order valence-electron chi connectivity index (χ2n) is 4.74. The molecule has 0 heterocycles. The molecule has 20 heavy (non-hydrogen) atoms. The topological polar surface area (TPSA) is 89.3 Å². The molecule has 3 N–H and O–H groups in total. The van der Waals surface area contributed by atoms with E-state index in [9.17, 15) is 17.6 Å². The predicted molar refractivity (Wildman–Crippen MR) is 72.1 cm³/mol. The number of carbonyl (C=O) groups is 1. The zero-order valence-corrected chi connectivity index (χ0v) is 12.0. The van der Waals surface area contributed by atoms with Crippen LogP contribution in [0.1, 0.15) is 19.3 Å². The van der Waals surface area contributed by atoms with Gasteiger partial charge in [-0.3, -0.25) is 4.79 Å².